The lowest BCUT2D eigenvalue weighted by atomic mass is 10.1. The number of para-hydroxylation sites is 2. The van der Waals surface area contributed by atoms with Gasteiger partial charge in [-0.15, -0.1) is 0 Å². The van der Waals surface area contributed by atoms with Gasteiger partial charge >= 0.3 is 6.09 Å². The Kier molecular flexibility index (Phi) is 4.33. The molecule has 2 aliphatic heterocycles. The van der Waals surface area contributed by atoms with Crippen LogP contribution < -0.4 is 14.7 Å². The Balaban J connectivity index is 1.56. The Morgan fingerprint density at radius 2 is 1.70 bits per heavy atom. The van der Waals surface area contributed by atoms with Gasteiger partial charge in [0.1, 0.15) is 5.82 Å². The van der Waals surface area contributed by atoms with Gasteiger partial charge in [0, 0.05) is 39.0 Å². The average Bonchev–Trinajstić information content (AvgIpc) is 2.67. The van der Waals surface area contributed by atoms with Gasteiger partial charge in [0.25, 0.3) is 5.92 Å². The maximum atomic E-state index is 13.3. The molecule has 142 valence electrons. The number of anilines is 4. The molecule has 0 aliphatic carbocycles. The van der Waals surface area contributed by atoms with Gasteiger partial charge < -0.3 is 14.9 Å². The molecule has 1 amide bonds. The second-order valence-electron chi connectivity index (χ2n) is 6.79. The zero-order chi connectivity index (χ0) is 19.0. The summed E-state index contributed by atoms with van der Waals surface area (Å²) in [5.41, 5.74) is 2.23. The molecular formula is C19H20F2N4O2. The molecule has 3 heterocycles. The first kappa shape index (κ1) is 17.5. The largest absolute Gasteiger partial charge is 0.465 e. The second kappa shape index (κ2) is 6.68. The van der Waals surface area contributed by atoms with Gasteiger partial charge in [0.2, 0.25) is 0 Å². The number of benzene rings is 1. The predicted octanol–water partition coefficient (Wildman–Crippen LogP) is 3.95. The smallest absolute Gasteiger partial charge is 0.411 e. The minimum Gasteiger partial charge on any atom is -0.465 e. The molecule has 1 aromatic carbocycles. The molecule has 2 aliphatic rings. The van der Waals surface area contributed by atoms with Crippen LogP contribution in [0.25, 0.3) is 0 Å². The number of hydrogen-bond acceptors (Lipinski definition) is 4. The van der Waals surface area contributed by atoms with Crippen LogP contribution >= 0.6 is 0 Å². The number of aromatic nitrogens is 1. The summed E-state index contributed by atoms with van der Waals surface area (Å²) in [5.74, 6) is -1.87. The third kappa shape index (κ3) is 3.39. The quantitative estimate of drug-likeness (QED) is 0.862. The highest BCUT2D eigenvalue weighted by molar-refractivity contribution is 5.93. The van der Waals surface area contributed by atoms with Crippen molar-refractivity contribution in [3.63, 3.8) is 0 Å². The van der Waals surface area contributed by atoms with Crippen molar-refractivity contribution < 1.29 is 18.7 Å². The molecule has 4 rings (SSSR count). The third-order valence-electron chi connectivity index (χ3n) is 5.11. The molecule has 6 nitrogen and oxygen atoms in total. The fraction of sp³-hybridized carbons (Fsp3) is 0.368. The first-order valence-electron chi connectivity index (χ1n) is 8.90. The zero-order valence-corrected chi connectivity index (χ0v) is 14.7. The fourth-order valence-electron chi connectivity index (χ4n) is 3.62. The molecule has 0 spiro atoms. The fourth-order valence-corrected chi connectivity index (χ4v) is 3.62. The number of piperidine rings is 1. The Labute approximate surface area is 155 Å². The number of amides is 1. The molecule has 1 fully saturated rings. The van der Waals surface area contributed by atoms with E-state index in [1.807, 2.05) is 34.1 Å². The number of hydrogen-bond donors (Lipinski definition) is 1. The van der Waals surface area contributed by atoms with Crippen LogP contribution in [0.1, 0.15) is 12.8 Å². The highest BCUT2D eigenvalue weighted by Crippen LogP contribution is 2.37. The molecule has 1 saturated heterocycles. The van der Waals surface area contributed by atoms with Crippen LogP contribution in [0.15, 0.2) is 42.6 Å². The van der Waals surface area contributed by atoms with E-state index in [4.69, 9.17) is 0 Å². The van der Waals surface area contributed by atoms with E-state index in [0.29, 0.717) is 37.7 Å². The number of nitrogens with zero attached hydrogens (tertiary/aromatic N) is 4. The van der Waals surface area contributed by atoms with E-state index in [1.54, 1.807) is 18.3 Å². The van der Waals surface area contributed by atoms with E-state index in [9.17, 15) is 18.7 Å². The summed E-state index contributed by atoms with van der Waals surface area (Å²) in [7, 11) is 0. The van der Waals surface area contributed by atoms with Crippen molar-refractivity contribution in [2.45, 2.75) is 18.8 Å². The van der Waals surface area contributed by atoms with E-state index < -0.39 is 12.0 Å². The highest BCUT2D eigenvalue weighted by Gasteiger charge is 2.34. The van der Waals surface area contributed by atoms with E-state index in [0.717, 1.165) is 11.4 Å². The first-order valence-corrected chi connectivity index (χ1v) is 8.90. The molecule has 27 heavy (non-hydrogen) atoms. The van der Waals surface area contributed by atoms with Gasteiger partial charge in [-0.25, -0.2) is 18.6 Å². The Bertz CT molecular complexity index is 834. The molecule has 0 atom stereocenters. The van der Waals surface area contributed by atoms with Crippen LogP contribution in [0.2, 0.25) is 0 Å². The maximum Gasteiger partial charge on any atom is 0.411 e. The van der Waals surface area contributed by atoms with Crippen molar-refractivity contribution in [3.8, 4) is 0 Å². The summed E-state index contributed by atoms with van der Waals surface area (Å²) < 4.78 is 26.7. The van der Waals surface area contributed by atoms with Crippen LogP contribution in [-0.2, 0) is 0 Å². The van der Waals surface area contributed by atoms with Crippen molar-refractivity contribution in [1.29, 1.82) is 0 Å². The van der Waals surface area contributed by atoms with E-state index in [1.165, 1.54) is 4.90 Å². The number of halogens is 2. The van der Waals surface area contributed by atoms with Crippen LogP contribution in [0.4, 0.5) is 36.5 Å². The predicted molar refractivity (Wildman–Crippen MR) is 99.4 cm³/mol. The summed E-state index contributed by atoms with van der Waals surface area (Å²) in [6, 6.07) is 11.1. The number of carbonyl (C=O) groups is 1. The molecule has 0 unspecified atom stereocenters. The summed E-state index contributed by atoms with van der Waals surface area (Å²) in [6.07, 6.45) is 0.441. The normalized spacial score (nSPS) is 19.0. The van der Waals surface area contributed by atoms with Gasteiger partial charge in [-0.1, -0.05) is 12.1 Å². The van der Waals surface area contributed by atoms with Gasteiger partial charge in [-0.3, -0.25) is 4.90 Å². The number of fused-ring (bicyclic) bond motifs is 1. The molecule has 2 aromatic rings. The van der Waals surface area contributed by atoms with Gasteiger partial charge in [0.05, 0.1) is 23.3 Å². The van der Waals surface area contributed by atoms with Crippen molar-refractivity contribution in [2.24, 2.45) is 0 Å². The van der Waals surface area contributed by atoms with Gasteiger partial charge in [0.15, 0.2) is 0 Å². The lowest BCUT2D eigenvalue weighted by molar-refractivity contribution is -0.0220. The van der Waals surface area contributed by atoms with Crippen LogP contribution in [0.5, 0.6) is 0 Å². The summed E-state index contributed by atoms with van der Waals surface area (Å²) in [5, 5.41) is 9.39. The van der Waals surface area contributed by atoms with Gasteiger partial charge in [-0.05, 0) is 24.3 Å². The first-order chi connectivity index (χ1) is 12.9. The molecule has 1 aromatic heterocycles. The van der Waals surface area contributed by atoms with Crippen molar-refractivity contribution >= 4 is 29.0 Å². The number of rotatable bonds is 2. The monoisotopic (exact) mass is 374 g/mol. The number of pyridine rings is 1. The summed E-state index contributed by atoms with van der Waals surface area (Å²) in [4.78, 5) is 21.2. The topological polar surface area (TPSA) is 59.9 Å². The third-order valence-corrected chi connectivity index (χ3v) is 5.11. The lowest BCUT2D eigenvalue weighted by Crippen LogP contribution is -2.42. The minimum absolute atomic E-state index is 0.140. The summed E-state index contributed by atoms with van der Waals surface area (Å²) in [6.45, 7) is 1.46. The number of alkyl halides is 2. The molecule has 8 heteroatoms. The van der Waals surface area contributed by atoms with E-state index in [2.05, 4.69) is 4.98 Å². The second-order valence-corrected chi connectivity index (χ2v) is 6.79. The molecule has 0 radical (unpaired) electrons. The SMILES string of the molecule is O=C(O)N1CCN(c2ccc(N3CCC(F)(F)CC3)cn2)c2ccccc21. The molecule has 0 saturated carbocycles. The molecule has 0 bridgehead atoms. The maximum absolute atomic E-state index is 13.3. The lowest BCUT2D eigenvalue weighted by Gasteiger charge is -2.36. The Hall–Kier alpha value is -2.90. The minimum atomic E-state index is -2.57. The summed E-state index contributed by atoms with van der Waals surface area (Å²) >= 11 is 0. The van der Waals surface area contributed by atoms with Crippen LogP contribution in [0, 0.1) is 0 Å². The average molecular weight is 374 g/mol. The highest BCUT2D eigenvalue weighted by atomic mass is 19.3. The standard InChI is InChI=1S/C19H20F2N4O2/c20-19(21)7-9-23(10-8-19)14-5-6-17(22-13-14)24-11-12-25(18(26)27)16-4-2-1-3-15(16)24/h1-6,13H,7-12H2,(H,26,27). The van der Waals surface area contributed by atoms with E-state index >= 15 is 0 Å². The van der Waals surface area contributed by atoms with Crippen molar-refractivity contribution in [1.82, 2.24) is 4.98 Å². The van der Waals surface area contributed by atoms with Crippen molar-refractivity contribution in [3.05, 3.63) is 42.6 Å². The van der Waals surface area contributed by atoms with Gasteiger partial charge in [-0.2, -0.15) is 0 Å². The molecule has 1 N–H and O–H groups in total. The Morgan fingerprint density at radius 1 is 1.00 bits per heavy atom. The Morgan fingerprint density at radius 3 is 2.33 bits per heavy atom. The van der Waals surface area contributed by atoms with Crippen LogP contribution in [0.3, 0.4) is 0 Å². The van der Waals surface area contributed by atoms with E-state index in [-0.39, 0.29) is 12.8 Å². The zero-order valence-electron chi connectivity index (χ0n) is 14.7. The molecular weight excluding hydrogens is 354 g/mol. The van der Waals surface area contributed by atoms with Crippen molar-refractivity contribution in [2.75, 3.05) is 40.9 Å². The number of carboxylic acid groups (broad SMARTS) is 1. The van der Waals surface area contributed by atoms with Crippen LogP contribution in [-0.4, -0.2) is 48.3 Å².